The highest BCUT2D eigenvalue weighted by atomic mass is 16.5. The summed E-state index contributed by atoms with van der Waals surface area (Å²) in [6.07, 6.45) is 1.86. The number of rotatable bonds is 4. The van der Waals surface area contributed by atoms with Crippen LogP contribution in [-0.4, -0.2) is 27.5 Å². The van der Waals surface area contributed by atoms with E-state index in [1.54, 1.807) is 0 Å². The summed E-state index contributed by atoms with van der Waals surface area (Å²) in [5.74, 6) is 1.65. The highest BCUT2D eigenvalue weighted by Gasteiger charge is 2.21. The average Bonchev–Trinajstić information content (AvgIpc) is 3.01. The van der Waals surface area contributed by atoms with Crippen LogP contribution in [-0.2, 0) is 24.2 Å². The summed E-state index contributed by atoms with van der Waals surface area (Å²) in [5.41, 5.74) is 2.60. The van der Waals surface area contributed by atoms with E-state index in [1.807, 2.05) is 24.8 Å². The molecule has 5 nitrogen and oxygen atoms in total. The molecule has 116 valence electrons. The molecule has 0 N–H and O–H groups in total. The summed E-state index contributed by atoms with van der Waals surface area (Å²) in [5, 5.41) is 3.92. The molecule has 0 atom stereocenters. The van der Waals surface area contributed by atoms with Gasteiger partial charge in [-0.25, -0.2) is 0 Å². The molecule has 0 fully saturated rings. The Hall–Kier alpha value is -2.17. The van der Waals surface area contributed by atoms with Gasteiger partial charge >= 0.3 is 0 Å². The molecule has 1 aromatic carbocycles. The molecule has 1 aliphatic heterocycles. The molecule has 22 heavy (non-hydrogen) atoms. The Balaban J connectivity index is 1.56. The van der Waals surface area contributed by atoms with E-state index in [0.717, 1.165) is 13.0 Å². The van der Waals surface area contributed by atoms with Crippen molar-refractivity contribution in [3.05, 3.63) is 47.1 Å². The zero-order valence-electron chi connectivity index (χ0n) is 13.1. The lowest BCUT2D eigenvalue weighted by Gasteiger charge is -2.28. The normalized spacial score (nSPS) is 14.2. The lowest BCUT2D eigenvalue weighted by molar-refractivity contribution is -0.132. The predicted molar refractivity (Wildman–Crippen MR) is 82.3 cm³/mol. The van der Waals surface area contributed by atoms with E-state index in [0.29, 0.717) is 31.1 Å². The van der Waals surface area contributed by atoms with E-state index in [-0.39, 0.29) is 11.8 Å². The van der Waals surface area contributed by atoms with Crippen LogP contribution in [0.1, 0.15) is 49.0 Å². The van der Waals surface area contributed by atoms with E-state index in [4.69, 9.17) is 4.52 Å². The zero-order valence-corrected chi connectivity index (χ0v) is 13.1. The Morgan fingerprint density at radius 3 is 2.82 bits per heavy atom. The van der Waals surface area contributed by atoms with Gasteiger partial charge in [0.05, 0.1) is 0 Å². The first-order valence-electron chi connectivity index (χ1n) is 7.80. The van der Waals surface area contributed by atoms with Crippen LogP contribution in [0, 0.1) is 0 Å². The zero-order chi connectivity index (χ0) is 15.5. The van der Waals surface area contributed by atoms with E-state index in [2.05, 4.69) is 28.3 Å². The van der Waals surface area contributed by atoms with Crippen LogP contribution in [0.25, 0.3) is 0 Å². The van der Waals surface area contributed by atoms with Crippen molar-refractivity contribution in [2.24, 2.45) is 0 Å². The van der Waals surface area contributed by atoms with Gasteiger partial charge in [-0.15, -0.1) is 0 Å². The van der Waals surface area contributed by atoms with Gasteiger partial charge in [-0.3, -0.25) is 4.79 Å². The van der Waals surface area contributed by atoms with E-state index < -0.39 is 0 Å². The number of nitrogens with zero attached hydrogens (tertiary/aromatic N) is 3. The number of hydrogen-bond donors (Lipinski definition) is 0. The molecular weight excluding hydrogens is 278 g/mol. The molecule has 0 aliphatic carbocycles. The number of hydrogen-bond acceptors (Lipinski definition) is 4. The second kappa shape index (κ2) is 6.30. The first-order valence-corrected chi connectivity index (χ1v) is 7.80. The van der Waals surface area contributed by atoms with Crippen molar-refractivity contribution in [3.63, 3.8) is 0 Å². The molecule has 3 rings (SSSR count). The second-order valence-corrected chi connectivity index (χ2v) is 6.04. The molecule has 1 aliphatic rings. The van der Waals surface area contributed by atoms with Gasteiger partial charge in [0.1, 0.15) is 0 Å². The van der Waals surface area contributed by atoms with Crippen LogP contribution < -0.4 is 0 Å². The van der Waals surface area contributed by atoms with Gasteiger partial charge in [0.15, 0.2) is 5.82 Å². The third-order valence-corrected chi connectivity index (χ3v) is 4.04. The van der Waals surface area contributed by atoms with Crippen LogP contribution in [0.4, 0.5) is 0 Å². The number of benzene rings is 1. The monoisotopic (exact) mass is 299 g/mol. The van der Waals surface area contributed by atoms with Gasteiger partial charge in [0, 0.05) is 31.8 Å². The number of aryl methyl sites for hydroxylation is 1. The van der Waals surface area contributed by atoms with E-state index in [1.165, 1.54) is 11.1 Å². The molecule has 2 heterocycles. The number of fused-ring (bicyclic) bond motifs is 1. The standard InChI is InChI=1S/C17H21N3O2/c1-12(2)17-18-15(22-19-17)7-8-16(21)20-10-9-13-5-3-4-6-14(13)11-20/h3-6,12H,7-11H2,1-2H3. The Bertz CT molecular complexity index is 663. The predicted octanol–water partition coefficient (Wildman–Crippen LogP) is 2.71. The second-order valence-electron chi connectivity index (χ2n) is 6.04. The minimum Gasteiger partial charge on any atom is -0.339 e. The third-order valence-electron chi connectivity index (χ3n) is 4.04. The fraction of sp³-hybridized carbons (Fsp3) is 0.471. The summed E-state index contributed by atoms with van der Waals surface area (Å²) in [4.78, 5) is 18.6. The number of amides is 1. The highest BCUT2D eigenvalue weighted by Crippen LogP contribution is 2.19. The van der Waals surface area contributed by atoms with Crippen molar-refractivity contribution in [1.82, 2.24) is 15.0 Å². The molecule has 2 aromatic rings. The van der Waals surface area contributed by atoms with Crippen molar-refractivity contribution >= 4 is 5.91 Å². The first kappa shape index (κ1) is 14.8. The minimum atomic E-state index is 0.152. The molecule has 0 saturated heterocycles. The van der Waals surface area contributed by atoms with Crippen LogP contribution in [0.15, 0.2) is 28.8 Å². The fourth-order valence-corrected chi connectivity index (χ4v) is 2.68. The van der Waals surface area contributed by atoms with Gasteiger partial charge < -0.3 is 9.42 Å². The summed E-state index contributed by atoms with van der Waals surface area (Å²) in [6, 6.07) is 8.32. The van der Waals surface area contributed by atoms with Crippen LogP contribution in [0.3, 0.4) is 0 Å². The van der Waals surface area contributed by atoms with Crippen molar-refractivity contribution in [1.29, 1.82) is 0 Å². The van der Waals surface area contributed by atoms with Crippen LogP contribution in [0.5, 0.6) is 0 Å². The highest BCUT2D eigenvalue weighted by molar-refractivity contribution is 5.76. The lowest BCUT2D eigenvalue weighted by Crippen LogP contribution is -2.36. The number of carbonyl (C=O) groups excluding carboxylic acids is 1. The molecule has 0 unspecified atom stereocenters. The molecule has 0 bridgehead atoms. The van der Waals surface area contributed by atoms with Gasteiger partial charge in [-0.2, -0.15) is 4.98 Å². The summed E-state index contributed by atoms with van der Waals surface area (Å²) in [6.45, 7) is 5.53. The van der Waals surface area contributed by atoms with E-state index in [9.17, 15) is 4.79 Å². The Morgan fingerprint density at radius 2 is 2.09 bits per heavy atom. The third kappa shape index (κ3) is 3.18. The van der Waals surface area contributed by atoms with Crippen molar-refractivity contribution in [3.8, 4) is 0 Å². The van der Waals surface area contributed by atoms with E-state index >= 15 is 0 Å². The number of carbonyl (C=O) groups is 1. The number of aromatic nitrogens is 2. The lowest BCUT2D eigenvalue weighted by atomic mass is 9.99. The fourth-order valence-electron chi connectivity index (χ4n) is 2.68. The summed E-state index contributed by atoms with van der Waals surface area (Å²) < 4.78 is 5.19. The van der Waals surface area contributed by atoms with Crippen LogP contribution >= 0.6 is 0 Å². The molecule has 0 saturated carbocycles. The minimum absolute atomic E-state index is 0.152. The molecule has 0 radical (unpaired) electrons. The maximum absolute atomic E-state index is 12.4. The molecule has 1 aromatic heterocycles. The van der Waals surface area contributed by atoms with Gasteiger partial charge in [0.25, 0.3) is 0 Å². The first-order chi connectivity index (χ1) is 10.6. The van der Waals surface area contributed by atoms with Crippen molar-refractivity contribution < 1.29 is 9.32 Å². The van der Waals surface area contributed by atoms with Crippen molar-refractivity contribution in [2.75, 3.05) is 6.54 Å². The quantitative estimate of drug-likeness (QED) is 0.871. The van der Waals surface area contributed by atoms with Gasteiger partial charge in [0.2, 0.25) is 11.8 Å². The van der Waals surface area contributed by atoms with Gasteiger partial charge in [-0.1, -0.05) is 43.3 Å². The van der Waals surface area contributed by atoms with Crippen molar-refractivity contribution in [2.45, 2.75) is 45.6 Å². The molecule has 0 spiro atoms. The Kier molecular flexibility index (Phi) is 4.22. The van der Waals surface area contributed by atoms with Gasteiger partial charge in [-0.05, 0) is 17.5 Å². The summed E-state index contributed by atoms with van der Waals surface area (Å²) in [7, 11) is 0. The topological polar surface area (TPSA) is 59.2 Å². The average molecular weight is 299 g/mol. The molecular formula is C17H21N3O2. The maximum Gasteiger partial charge on any atom is 0.227 e. The largest absolute Gasteiger partial charge is 0.339 e. The Morgan fingerprint density at radius 1 is 1.32 bits per heavy atom. The Labute approximate surface area is 130 Å². The molecule has 1 amide bonds. The van der Waals surface area contributed by atoms with Crippen LogP contribution in [0.2, 0.25) is 0 Å². The molecule has 5 heteroatoms. The summed E-state index contributed by atoms with van der Waals surface area (Å²) >= 11 is 0. The smallest absolute Gasteiger partial charge is 0.227 e. The maximum atomic E-state index is 12.4. The SMILES string of the molecule is CC(C)c1noc(CCC(=O)N2CCc3ccccc3C2)n1.